The second-order valence-electron chi connectivity index (χ2n) is 8.25. The summed E-state index contributed by atoms with van der Waals surface area (Å²) in [5.74, 6) is 0.498. The minimum atomic E-state index is 0.116. The fraction of sp³-hybridized carbons (Fsp3) is 0.280. The molecule has 4 nitrogen and oxygen atoms in total. The van der Waals surface area contributed by atoms with Gasteiger partial charge in [0.1, 0.15) is 0 Å². The molecule has 1 aliphatic rings. The minimum Gasteiger partial charge on any atom is -0.344 e. The molecule has 0 saturated carbocycles. The van der Waals surface area contributed by atoms with Crippen molar-refractivity contribution < 1.29 is 4.79 Å². The first-order valence-electron chi connectivity index (χ1n) is 10.4. The first-order chi connectivity index (χ1) is 14.6. The van der Waals surface area contributed by atoms with Crippen molar-refractivity contribution in [3.05, 3.63) is 76.8 Å². The molecule has 1 atom stereocenters. The average molecular weight is 416 g/mol. The number of benzene rings is 2. The molecular formula is C25H25N3OS. The van der Waals surface area contributed by atoms with Gasteiger partial charge in [0.15, 0.2) is 0 Å². The molecule has 152 valence electrons. The molecule has 0 N–H and O–H groups in total. The number of nitrogens with zero attached hydrogens (tertiary/aromatic N) is 3. The van der Waals surface area contributed by atoms with Crippen molar-refractivity contribution in [3.63, 3.8) is 0 Å². The van der Waals surface area contributed by atoms with Gasteiger partial charge in [-0.2, -0.15) is 0 Å². The number of pyridine rings is 1. The van der Waals surface area contributed by atoms with Crippen molar-refractivity contribution >= 4 is 38.2 Å². The molecule has 3 heterocycles. The number of carbonyl (C=O) groups is 1. The molecule has 0 radical (unpaired) electrons. The van der Waals surface area contributed by atoms with Gasteiger partial charge >= 0.3 is 0 Å². The first-order valence-corrected chi connectivity index (χ1v) is 11.2. The summed E-state index contributed by atoms with van der Waals surface area (Å²) in [6.07, 6.45) is 2.93. The van der Waals surface area contributed by atoms with Crippen molar-refractivity contribution in [2.45, 2.75) is 18.9 Å². The van der Waals surface area contributed by atoms with Crippen LogP contribution in [0.5, 0.6) is 0 Å². The van der Waals surface area contributed by atoms with Crippen LogP contribution in [0.25, 0.3) is 21.0 Å². The fourth-order valence-electron chi connectivity index (χ4n) is 4.59. The summed E-state index contributed by atoms with van der Waals surface area (Å²) < 4.78 is 1.20. The molecule has 0 spiro atoms. The van der Waals surface area contributed by atoms with E-state index in [1.807, 2.05) is 26.4 Å². The van der Waals surface area contributed by atoms with E-state index in [1.165, 1.54) is 26.6 Å². The first kappa shape index (κ1) is 19.2. The van der Waals surface area contributed by atoms with Gasteiger partial charge in [0.05, 0.1) is 10.4 Å². The summed E-state index contributed by atoms with van der Waals surface area (Å²) in [6, 6.07) is 19.0. The van der Waals surface area contributed by atoms with Crippen LogP contribution in [0, 0.1) is 0 Å². The molecule has 1 fully saturated rings. The van der Waals surface area contributed by atoms with E-state index in [2.05, 4.69) is 58.4 Å². The molecule has 1 saturated heterocycles. The van der Waals surface area contributed by atoms with E-state index in [-0.39, 0.29) is 5.91 Å². The van der Waals surface area contributed by atoms with Crippen LogP contribution in [0.3, 0.4) is 0 Å². The van der Waals surface area contributed by atoms with Crippen molar-refractivity contribution in [1.29, 1.82) is 0 Å². The van der Waals surface area contributed by atoms with E-state index in [0.717, 1.165) is 36.4 Å². The highest BCUT2D eigenvalue weighted by Crippen LogP contribution is 2.41. The zero-order chi connectivity index (χ0) is 20.7. The van der Waals surface area contributed by atoms with Crippen molar-refractivity contribution in [2.24, 2.45) is 0 Å². The number of aromatic nitrogens is 1. The van der Waals surface area contributed by atoms with Crippen molar-refractivity contribution in [3.8, 4) is 0 Å². The van der Waals surface area contributed by atoms with Gasteiger partial charge in [0.25, 0.3) is 5.91 Å². The molecule has 4 aromatic rings. The Bertz CT molecular complexity index is 1220. The highest BCUT2D eigenvalue weighted by atomic mass is 32.1. The van der Waals surface area contributed by atoms with E-state index < -0.39 is 0 Å². The Balaban J connectivity index is 1.45. The molecule has 0 bridgehead atoms. The van der Waals surface area contributed by atoms with Gasteiger partial charge in [-0.15, -0.1) is 11.3 Å². The van der Waals surface area contributed by atoms with Gasteiger partial charge in [-0.3, -0.25) is 14.7 Å². The predicted octanol–water partition coefficient (Wildman–Crippen LogP) is 5.14. The standard InChI is InChI=1S/C25H25N3OS/c1-27(2)25(29)24-23(20-8-3-4-11-22(20)30-24)18-12-14-28(16-18)15-17-7-5-10-21-19(17)9-6-13-26-21/h3-11,13,18H,12,14-16H2,1-2H3/t18-/m0/s1. The number of fused-ring (bicyclic) bond motifs is 2. The lowest BCUT2D eigenvalue weighted by molar-refractivity contribution is 0.0831. The molecule has 30 heavy (non-hydrogen) atoms. The average Bonchev–Trinajstić information content (AvgIpc) is 3.37. The minimum absolute atomic E-state index is 0.116. The van der Waals surface area contributed by atoms with Crippen molar-refractivity contribution in [2.75, 3.05) is 27.2 Å². The molecule has 2 aromatic heterocycles. The topological polar surface area (TPSA) is 36.4 Å². The Morgan fingerprint density at radius 1 is 1.10 bits per heavy atom. The van der Waals surface area contributed by atoms with Crippen LogP contribution in [0.1, 0.15) is 33.1 Å². The molecule has 1 aliphatic heterocycles. The maximum Gasteiger partial charge on any atom is 0.263 e. The number of carbonyl (C=O) groups excluding carboxylic acids is 1. The van der Waals surface area contributed by atoms with Gasteiger partial charge in [-0.05, 0) is 47.7 Å². The normalized spacial score (nSPS) is 17.1. The monoisotopic (exact) mass is 415 g/mol. The van der Waals surface area contributed by atoms with E-state index in [1.54, 1.807) is 16.2 Å². The van der Waals surface area contributed by atoms with Crippen LogP contribution >= 0.6 is 11.3 Å². The van der Waals surface area contributed by atoms with E-state index in [4.69, 9.17) is 0 Å². The summed E-state index contributed by atoms with van der Waals surface area (Å²) in [4.78, 5) is 22.5. The number of likely N-dealkylation sites (tertiary alicyclic amines) is 1. The Hall–Kier alpha value is -2.76. The number of hydrogen-bond acceptors (Lipinski definition) is 4. The van der Waals surface area contributed by atoms with Gasteiger partial charge in [0.2, 0.25) is 0 Å². The summed E-state index contributed by atoms with van der Waals surface area (Å²) in [7, 11) is 3.68. The van der Waals surface area contributed by atoms with Crippen LogP contribution < -0.4 is 0 Å². The SMILES string of the molecule is CN(C)C(=O)c1sc2ccccc2c1[C@H]1CCN(Cc2cccc3ncccc23)C1. The molecular weight excluding hydrogens is 390 g/mol. The fourth-order valence-corrected chi connectivity index (χ4v) is 5.90. The second kappa shape index (κ2) is 7.82. The van der Waals surface area contributed by atoms with Crippen LogP contribution in [0.2, 0.25) is 0 Å². The Morgan fingerprint density at radius 3 is 2.80 bits per heavy atom. The third kappa shape index (κ3) is 3.38. The van der Waals surface area contributed by atoms with Gasteiger partial charge in [-0.25, -0.2) is 0 Å². The predicted molar refractivity (Wildman–Crippen MR) is 124 cm³/mol. The number of amides is 1. The van der Waals surface area contributed by atoms with Crippen LogP contribution in [-0.4, -0.2) is 47.9 Å². The molecule has 0 aliphatic carbocycles. The highest BCUT2D eigenvalue weighted by molar-refractivity contribution is 7.21. The third-order valence-electron chi connectivity index (χ3n) is 6.04. The lowest BCUT2D eigenvalue weighted by Gasteiger charge is -2.18. The Labute approximate surface area is 180 Å². The maximum absolute atomic E-state index is 12.9. The Kier molecular flexibility index (Phi) is 5.01. The third-order valence-corrected chi connectivity index (χ3v) is 7.22. The van der Waals surface area contributed by atoms with Crippen LogP contribution in [-0.2, 0) is 6.54 Å². The quantitative estimate of drug-likeness (QED) is 0.463. The second-order valence-corrected chi connectivity index (χ2v) is 9.30. The maximum atomic E-state index is 12.9. The van der Waals surface area contributed by atoms with E-state index in [0.29, 0.717) is 5.92 Å². The van der Waals surface area contributed by atoms with Crippen LogP contribution in [0.4, 0.5) is 0 Å². The van der Waals surface area contributed by atoms with E-state index >= 15 is 0 Å². The zero-order valence-corrected chi connectivity index (χ0v) is 18.2. The summed E-state index contributed by atoms with van der Waals surface area (Å²) in [5, 5.41) is 2.47. The van der Waals surface area contributed by atoms with Crippen LogP contribution in [0.15, 0.2) is 60.8 Å². The molecule has 1 amide bonds. The number of thiophene rings is 1. The van der Waals surface area contributed by atoms with Gasteiger partial charge in [-0.1, -0.05) is 36.4 Å². The number of hydrogen-bond donors (Lipinski definition) is 0. The lowest BCUT2D eigenvalue weighted by atomic mass is 9.95. The smallest absolute Gasteiger partial charge is 0.263 e. The molecule has 2 aromatic carbocycles. The molecule has 0 unspecified atom stereocenters. The lowest BCUT2D eigenvalue weighted by Crippen LogP contribution is -2.23. The van der Waals surface area contributed by atoms with E-state index in [9.17, 15) is 4.79 Å². The molecule has 5 rings (SSSR count). The van der Waals surface area contributed by atoms with Crippen molar-refractivity contribution in [1.82, 2.24) is 14.8 Å². The summed E-state index contributed by atoms with van der Waals surface area (Å²) in [5.41, 5.74) is 3.62. The molecule has 5 heteroatoms. The number of rotatable bonds is 4. The summed E-state index contributed by atoms with van der Waals surface area (Å²) in [6.45, 7) is 2.94. The van der Waals surface area contributed by atoms with Gasteiger partial charge in [0, 0.05) is 49.4 Å². The zero-order valence-electron chi connectivity index (χ0n) is 17.3. The van der Waals surface area contributed by atoms with Gasteiger partial charge < -0.3 is 4.90 Å². The highest BCUT2D eigenvalue weighted by Gasteiger charge is 2.31. The summed E-state index contributed by atoms with van der Waals surface area (Å²) >= 11 is 1.64. The largest absolute Gasteiger partial charge is 0.344 e. The Morgan fingerprint density at radius 2 is 1.93 bits per heavy atom.